The first-order valence-corrected chi connectivity index (χ1v) is 5.98. The lowest BCUT2D eigenvalue weighted by Gasteiger charge is -2.20. The molecule has 17 heavy (non-hydrogen) atoms. The van der Waals surface area contributed by atoms with E-state index < -0.39 is 11.6 Å². The number of alkyl halides is 1. The summed E-state index contributed by atoms with van der Waals surface area (Å²) in [6.07, 6.45) is 2.61. The minimum Gasteiger partial charge on any atom is -0.393 e. The number of aliphatic hydroxyl groups excluding tert-OH is 1. The Balaban J connectivity index is 0.00000144. The molecule has 1 amide bonds. The van der Waals surface area contributed by atoms with Gasteiger partial charge in [-0.2, -0.15) is 0 Å². The summed E-state index contributed by atoms with van der Waals surface area (Å²) in [6.45, 7) is 1.05. The lowest BCUT2D eigenvalue weighted by Crippen LogP contribution is -2.46. The van der Waals surface area contributed by atoms with Gasteiger partial charge in [-0.1, -0.05) is 6.42 Å². The van der Waals surface area contributed by atoms with E-state index in [4.69, 9.17) is 0 Å². The molecule has 6 heteroatoms. The zero-order valence-corrected chi connectivity index (χ0v) is 10.6. The first kappa shape index (κ1) is 14.7. The summed E-state index contributed by atoms with van der Waals surface area (Å²) in [5.74, 6) is -0.432. The second kappa shape index (κ2) is 5.98. The van der Waals surface area contributed by atoms with Crippen molar-refractivity contribution in [2.24, 2.45) is 5.92 Å². The van der Waals surface area contributed by atoms with Crippen molar-refractivity contribution in [1.29, 1.82) is 0 Å². The molecule has 3 unspecified atom stereocenters. The molecule has 2 rings (SSSR count). The van der Waals surface area contributed by atoms with Gasteiger partial charge in [0.25, 0.3) is 5.91 Å². The molecule has 1 saturated carbocycles. The molecule has 3 N–H and O–H groups in total. The maximum absolute atomic E-state index is 13.9. The van der Waals surface area contributed by atoms with E-state index in [1.165, 1.54) is 0 Å². The molecule has 4 nitrogen and oxygen atoms in total. The molecule has 2 fully saturated rings. The SMILES string of the molecule is Cl.O=C(NCC1CCCC1O)C1(F)CCNC1. The van der Waals surface area contributed by atoms with Gasteiger partial charge in [-0.05, 0) is 19.4 Å². The van der Waals surface area contributed by atoms with Crippen molar-refractivity contribution in [3.8, 4) is 0 Å². The van der Waals surface area contributed by atoms with Gasteiger partial charge in [0.1, 0.15) is 0 Å². The molecule has 100 valence electrons. The van der Waals surface area contributed by atoms with Crippen LogP contribution in [0.15, 0.2) is 0 Å². The Labute approximate surface area is 107 Å². The Hall–Kier alpha value is -0.390. The highest BCUT2D eigenvalue weighted by Crippen LogP contribution is 2.25. The van der Waals surface area contributed by atoms with Gasteiger partial charge >= 0.3 is 0 Å². The molecule has 1 heterocycles. The molecular formula is C11H20ClFN2O2. The third-order valence-corrected chi connectivity index (χ3v) is 3.65. The van der Waals surface area contributed by atoms with Crippen LogP contribution >= 0.6 is 12.4 Å². The van der Waals surface area contributed by atoms with Crippen molar-refractivity contribution in [1.82, 2.24) is 10.6 Å². The second-order valence-electron chi connectivity index (χ2n) is 4.86. The van der Waals surface area contributed by atoms with Gasteiger partial charge in [-0.3, -0.25) is 4.79 Å². The van der Waals surface area contributed by atoms with E-state index in [1.54, 1.807) is 0 Å². The highest BCUT2D eigenvalue weighted by Gasteiger charge is 2.41. The fourth-order valence-electron chi connectivity index (χ4n) is 2.49. The van der Waals surface area contributed by atoms with Crippen molar-refractivity contribution in [2.75, 3.05) is 19.6 Å². The molecule has 0 aromatic rings. The smallest absolute Gasteiger partial charge is 0.259 e. The van der Waals surface area contributed by atoms with Gasteiger partial charge in [0.05, 0.1) is 6.10 Å². The van der Waals surface area contributed by atoms with Crippen LogP contribution in [0.3, 0.4) is 0 Å². The van der Waals surface area contributed by atoms with Crippen LogP contribution < -0.4 is 10.6 Å². The number of halogens is 2. The molecule has 0 bridgehead atoms. The molecule has 0 radical (unpaired) electrons. The Bertz CT molecular complexity index is 272. The Morgan fingerprint density at radius 1 is 1.53 bits per heavy atom. The zero-order chi connectivity index (χ0) is 11.6. The van der Waals surface area contributed by atoms with Crippen molar-refractivity contribution in [3.63, 3.8) is 0 Å². The minimum absolute atomic E-state index is 0. The predicted molar refractivity (Wildman–Crippen MR) is 64.9 cm³/mol. The van der Waals surface area contributed by atoms with E-state index in [-0.39, 0.29) is 37.4 Å². The molecule has 1 aliphatic carbocycles. The lowest BCUT2D eigenvalue weighted by atomic mass is 10.0. The summed E-state index contributed by atoms with van der Waals surface area (Å²) in [5.41, 5.74) is -1.75. The number of rotatable bonds is 3. The van der Waals surface area contributed by atoms with E-state index in [0.717, 1.165) is 19.3 Å². The number of amides is 1. The summed E-state index contributed by atoms with van der Waals surface area (Å²) < 4.78 is 13.9. The number of carbonyl (C=O) groups is 1. The van der Waals surface area contributed by atoms with Gasteiger partial charge in [0, 0.05) is 25.4 Å². The van der Waals surface area contributed by atoms with Gasteiger partial charge in [-0.15, -0.1) is 12.4 Å². The van der Waals surface area contributed by atoms with E-state index in [0.29, 0.717) is 13.1 Å². The van der Waals surface area contributed by atoms with Gasteiger partial charge in [0.15, 0.2) is 0 Å². The molecule has 0 spiro atoms. The number of nitrogens with one attached hydrogen (secondary N) is 2. The van der Waals surface area contributed by atoms with Crippen molar-refractivity contribution in [2.45, 2.75) is 37.5 Å². The van der Waals surface area contributed by atoms with Crippen LogP contribution in [0.5, 0.6) is 0 Å². The molecule has 0 aromatic carbocycles. The van der Waals surface area contributed by atoms with E-state index in [9.17, 15) is 14.3 Å². The molecular weight excluding hydrogens is 247 g/mol. The van der Waals surface area contributed by atoms with Crippen LogP contribution in [0.2, 0.25) is 0 Å². The monoisotopic (exact) mass is 266 g/mol. The summed E-state index contributed by atoms with van der Waals surface area (Å²) in [5, 5.41) is 15.0. The Kier molecular flexibility index (Phi) is 5.16. The summed E-state index contributed by atoms with van der Waals surface area (Å²) in [6, 6.07) is 0. The van der Waals surface area contributed by atoms with E-state index in [2.05, 4.69) is 10.6 Å². The standard InChI is InChI=1S/C11H19FN2O2.ClH/c12-11(4-5-13-7-11)10(16)14-6-8-2-1-3-9(8)15;/h8-9,13,15H,1-7H2,(H,14,16);1H. The molecule has 0 aromatic heterocycles. The molecule has 3 atom stereocenters. The molecule has 2 aliphatic rings. The van der Waals surface area contributed by atoms with Crippen molar-refractivity contribution in [3.05, 3.63) is 0 Å². The second-order valence-corrected chi connectivity index (χ2v) is 4.86. The van der Waals surface area contributed by atoms with Crippen molar-refractivity contribution >= 4 is 18.3 Å². The third-order valence-electron chi connectivity index (χ3n) is 3.65. The zero-order valence-electron chi connectivity index (χ0n) is 9.75. The number of hydrogen-bond acceptors (Lipinski definition) is 3. The number of aliphatic hydroxyl groups is 1. The van der Waals surface area contributed by atoms with Crippen LogP contribution in [-0.2, 0) is 4.79 Å². The largest absolute Gasteiger partial charge is 0.393 e. The minimum atomic E-state index is -1.75. The van der Waals surface area contributed by atoms with Gasteiger partial charge in [0.2, 0.25) is 5.67 Å². The average molecular weight is 267 g/mol. The summed E-state index contributed by atoms with van der Waals surface area (Å²) in [4.78, 5) is 11.6. The summed E-state index contributed by atoms with van der Waals surface area (Å²) >= 11 is 0. The maximum atomic E-state index is 13.9. The average Bonchev–Trinajstić information content (AvgIpc) is 2.85. The topological polar surface area (TPSA) is 61.4 Å². The Morgan fingerprint density at radius 3 is 2.82 bits per heavy atom. The van der Waals surface area contributed by atoms with E-state index in [1.807, 2.05) is 0 Å². The highest BCUT2D eigenvalue weighted by atomic mass is 35.5. The number of hydrogen-bond donors (Lipinski definition) is 3. The third kappa shape index (κ3) is 3.30. The number of carbonyl (C=O) groups excluding carboxylic acids is 1. The molecule has 1 aliphatic heterocycles. The normalized spacial score (nSPS) is 36.6. The Morgan fingerprint density at radius 2 is 2.29 bits per heavy atom. The van der Waals surface area contributed by atoms with Crippen LogP contribution in [0, 0.1) is 5.92 Å². The first-order chi connectivity index (χ1) is 7.62. The van der Waals surface area contributed by atoms with Crippen LogP contribution in [0.1, 0.15) is 25.7 Å². The van der Waals surface area contributed by atoms with Crippen LogP contribution in [-0.4, -0.2) is 42.4 Å². The van der Waals surface area contributed by atoms with Gasteiger partial charge in [-0.25, -0.2) is 4.39 Å². The highest BCUT2D eigenvalue weighted by molar-refractivity contribution is 5.86. The quantitative estimate of drug-likeness (QED) is 0.692. The van der Waals surface area contributed by atoms with E-state index >= 15 is 0 Å². The van der Waals surface area contributed by atoms with Crippen LogP contribution in [0.4, 0.5) is 4.39 Å². The lowest BCUT2D eigenvalue weighted by molar-refractivity contribution is -0.132. The van der Waals surface area contributed by atoms with Crippen molar-refractivity contribution < 1.29 is 14.3 Å². The van der Waals surface area contributed by atoms with Crippen LogP contribution in [0.25, 0.3) is 0 Å². The summed E-state index contributed by atoms with van der Waals surface area (Å²) in [7, 11) is 0. The molecule has 1 saturated heterocycles. The first-order valence-electron chi connectivity index (χ1n) is 5.98. The van der Waals surface area contributed by atoms with Gasteiger partial charge < -0.3 is 15.7 Å². The predicted octanol–water partition coefficient (Wildman–Crippen LogP) is 0.387. The maximum Gasteiger partial charge on any atom is 0.259 e. The fourth-order valence-corrected chi connectivity index (χ4v) is 2.49. The fraction of sp³-hybridized carbons (Fsp3) is 0.909.